The van der Waals surface area contributed by atoms with Crippen LogP contribution < -0.4 is 10.6 Å². The van der Waals surface area contributed by atoms with E-state index in [2.05, 4.69) is 72.2 Å². The van der Waals surface area contributed by atoms with Crippen LogP contribution in [0.2, 0.25) is 0 Å². The number of nitrogens with zero attached hydrogens (tertiary/aromatic N) is 1. The van der Waals surface area contributed by atoms with Gasteiger partial charge in [-0.25, -0.2) is 4.99 Å². The van der Waals surface area contributed by atoms with Crippen LogP contribution >= 0.6 is 24.0 Å². The average Bonchev–Trinajstić information content (AvgIpc) is 2.81. The fourth-order valence-electron chi connectivity index (χ4n) is 3.45. The van der Waals surface area contributed by atoms with Gasteiger partial charge in [0.25, 0.3) is 0 Å². The molecule has 3 rings (SSSR count). The molecule has 1 saturated heterocycles. The van der Waals surface area contributed by atoms with Crippen molar-refractivity contribution in [2.24, 2.45) is 4.99 Å². The van der Waals surface area contributed by atoms with Crippen molar-refractivity contribution in [2.45, 2.75) is 51.9 Å². The monoisotopic (exact) mass is 537 g/mol. The quantitative estimate of drug-likeness (QED) is 0.200. The average molecular weight is 537 g/mol. The second-order valence-corrected chi connectivity index (χ2v) is 7.65. The first kappa shape index (κ1) is 25.6. The third kappa shape index (κ3) is 10.0. The Morgan fingerprint density at radius 3 is 2.39 bits per heavy atom. The number of guanidine groups is 1. The lowest BCUT2D eigenvalue weighted by atomic mass is 10.1. The van der Waals surface area contributed by atoms with Crippen molar-refractivity contribution in [3.8, 4) is 0 Å². The van der Waals surface area contributed by atoms with Crippen LogP contribution in [-0.2, 0) is 29.0 Å². The summed E-state index contributed by atoms with van der Waals surface area (Å²) in [5.74, 6) is 0.873. The number of rotatable bonds is 10. The minimum Gasteiger partial charge on any atom is -0.381 e. The van der Waals surface area contributed by atoms with E-state index < -0.39 is 0 Å². The van der Waals surface area contributed by atoms with Gasteiger partial charge in [-0.2, -0.15) is 0 Å². The van der Waals surface area contributed by atoms with Gasteiger partial charge in [0.05, 0.1) is 19.3 Å². The Kier molecular flexibility index (Phi) is 12.6. The van der Waals surface area contributed by atoms with Crippen molar-refractivity contribution in [3.63, 3.8) is 0 Å². The van der Waals surface area contributed by atoms with Crippen LogP contribution in [0, 0.1) is 0 Å². The molecule has 0 unspecified atom stereocenters. The van der Waals surface area contributed by atoms with Crippen LogP contribution in [0.4, 0.5) is 0 Å². The number of ether oxygens (including phenoxy) is 2. The Morgan fingerprint density at radius 2 is 1.68 bits per heavy atom. The van der Waals surface area contributed by atoms with E-state index in [0.29, 0.717) is 19.3 Å². The molecule has 5 nitrogen and oxygen atoms in total. The first-order valence-electron chi connectivity index (χ1n) is 11.2. The zero-order chi connectivity index (χ0) is 20.9. The SMILES string of the molecule is CCNC(=NCc1ccc(COC2CCOCC2)cc1)NCCCc1ccccc1.I. The summed E-state index contributed by atoms with van der Waals surface area (Å²) in [4.78, 5) is 4.73. The summed E-state index contributed by atoms with van der Waals surface area (Å²) in [5.41, 5.74) is 3.79. The standard InChI is InChI=1S/C25H35N3O2.HI/c1-2-26-25(27-16-6-9-21-7-4-3-5-8-21)28-19-22-10-12-23(13-11-22)20-30-24-14-17-29-18-15-24;/h3-5,7-8,10-13,24H,2,6,9,14-20H2,1H3,(H2,26,27,28);1H. The lowest BCUT2D eigenvalue weighted by Crippen LogP contribution is -2.37. The molecule has 0 spiro atoms. The minimum atomic E-state index is 0. The Hall–Kier alpha value is -1.64. The molecule has 0 saturated carbocycles. The first-order valence-corrected chi connectivity index (χ1v) is 11.2. The van der Waals surface area contributed by atoms with Crippen molar-refractivity contribution in [1.29, 1.82) is 0 Å². The summed E-state index contributed by atoms with van der Waals surface area (Å²) in [5, 5.41) is 6.77. The largest absolute Gasteiger partial charge is 0.381 e. The van der Waals surface area contributed by atoms with Crippen molar-refractivity contribution >= 4 is 29.9 Å². The van der Waals surface area contributed by atoms with Gasteiger partial charge in [0.15, 0.2) is 5.96 Å². The predicted octanol–water partition coefficient (Wildman–Crippen LogP) is 4.69. The highest BCUT2D eigenvalue weighted by molar-refractivity contribution is 14.0. The Labute approximate surface area is 204 Å². The lowest BCUT2D eigenvalue weighted by Gasteiger charge is -2.22. The summed E-state index contributed by atoms with van der Waals surface area (Å²) in [6.07, 6.45) is 4.48. The molecule has 170 valence electrons. The van der Waals surface area contributed by atoms with Crippen LogP contribution in [0.3, 0.4) is 0 Å². The van der Waals surface area contributed by atoms with E-state index in [1.54, 1.807) is 0 Å². The van der Waals surface area contributed by atoms with E-state index in [9.17, 15) is 0 Å². The highest BCUT2D eigenvalue weighted by Crippen LogP contribution is 2.14. The van der Waals surface area contributed by atoms with Gasteiger partial charge in [-0.05, 0) is 49.3 Å². The maximum Gasteiger partial charge on any atom is 0.191 e. The fourth-order valence-corrected chi connectivity index (χ4v) is 3.45. The predicted molar refractivity (Wildman–Crippen MR) is 138 cm³/mol. The van der Waals surface area contributed by atoms with Crippen molar-refractivity contribution < 1.29 is 9.47 Å². The van der Waals surface area contributed by atoms with Gasteiger partial charge >= 0.3 is 0 Å². The molecule has 2 aromatic carbocycles. The molecule has 1 aliphatic heterocycles. The summed E-state index contributed by atoms with van der Waals surface area (Å²) in [6.45, 7) is 6.81. The second kappa shape index (κ2) is 15.2. The Bertz CT molecular complexity index is 747. The van der Waals surface area contributed by atoms with Gasteiger partial charge in [0, 0.05) is 26.3 Å². The maximum atomic E-state index is 6.00. The van der Waals surface area contributed by atoms with Crippen LogP contribution in [0.25, 0.3) is 0 Å². The molecule has 0 aromatic heterocycles. The van der Waals surface area contributed by atoms with Gasteiger partial charge in [-0.15, -0.1) is 24.0 Å². The van der Waals surface area contributed by atoms with E-state index in [1.165, 1.54) is 16.7 Å². The number of aryl methyl sites for hydroxylation is 1. The topological polar surface area (TPSA) is 54.9 Å². The Balaban J connectivity index is 0.00000341. The Morgan fingerprint density at radius 1 is 0.968 bits per heavy atom. The van der Waals surface area contributed by atoms with Crippen LogP contribution in [0.15, 0.2) is 59.6 Å². The van der Waals surface area contributed by atoms with E-state index in [-0.39, 0.29) is 24.0 Å². The maximum absolute atomic E-state index is 6.00. The molecule has 0 amide bonds. The van der Waals surface area contributed by atoms with Crippen LogP contribution in [-0.4, -0.2) is 38.4 Å². The molecule has 31 heavy (non-hydrogen) atoms. The van der Waals surface area contributed by atoms with Gasteiger partial charge in [-0.1, -0.05) is 54.6 Å². The highest BCUT2D eigenvalue weighted by Gasteiger charge is 2.13. The number of aliphatic imine (C=N–C) groups is 1. The van der Waals surface area contributed by atoms with E-state index >= 15 is 0 Å². The zero-order valence-electron chi connectivity index (χ0n) is 18.5. The van der Waals surface area contributed by atoms with Gasteiger partial charge < -0.3 is 20.1 Å². The summed E-state index contributed by atoms with van der Waals surface area (Å²) in [7, 11) is 0. The van der Waals surface area contributed by atoms with E-state index in [0.717, 1.165) is 57.9 Å². The molecule has 6 heteroatoms. The fraction of sp³-hybridized carbons (Fsp3) is 0.480. The summed E-state index contributed by atoms with van der Waals surface area (Å²) < 4.78 is 11.4. The van der Waals surface area contributed by atoms with Crippen LogP contribution in [0.5, 0.6) is 0 Å². The summed E-state index contributed by atoms with van der Waals surface area (Å²) >= 11 is 0. The number of benzene rings is 2. The minimum absolute atomic E-state index is 0. The smallest absolute Gasteiger partial charge is 0.191 e. The molecule has 1 aliphatic rings. The number of halogens is 1. The van der Waals surface area contributed by atoms with Crippen LogP contribution in [0.1, 0.15) is 42.9 Å². The molecule has 0 bridgehead atoms. The van der Waals surface area contributed by atoms with Gasteiger partial charge in [0.2, 0.25) is 0 Å². The lowest BCUT2D eigenvalue weighted by molar-refractivity contribution is -0.0390. The van der Waals surface area contributed by atoms with Crippen molar-refractivity contribution in [3.05, 3.63) is 71.3 Å². The number of hydrogen-bond donors (Lipinski definition) is 2. The van der Waals surface area contributed by atoms with Crippen molar-refractivity contribution in [1.82, 2.24) is 10.6 Å². The van der Waals surface area contributed by atoms with Crippen molar-refractivity contribution in [2.75, 3.05) is 26.3 Å². The highest BCUT2D eigenvalue weighted by atomic mass is 127. The molecule has 0 aliphatic carbocycles. The molecule has 1 fully saturated rings. The second-order valence-electron chi connectivity index (χ2n) is 7.65. The van der Waals surface area contributed by atoms with E-state index in [4.69, 9.17) is 14.5 Å². The zero-order valence-corrected chi connectivity index (χ0v) is 20.8. The molecular formula is C25H36IN3O2. The third-order valence-electron chi connectivity index (χ3n) is 5.22. The number of hydrogen-bond acceptors (Lipinski definition) is 3. The molecule has 0 radical (unpaired) electrons. The number of nitrogens with one attached hydrogen (secondary N) is 2. The first-order chi connectivity index (χ1) is 14.8. The summed E-state index contributed by atoms with van der Waals surface area (Å²) in [6, 6.07) is 19.2. The third-order valence-corrected chi connectivity index (χ3v) is 5.22. The normalized spacial score (nSPS) is 14.7. The molecule has 2 N–H and O–H groups in total. The van der Waals surface area contributed by atoms with Gasteiger partial charge in [0.1, 0.15) is 0 Å². The van der Waals surface area contributed by atoms with Gasteiger partial charge in [-0.3, -0.25) is 0 Å². The molecule has 1 heterocycles. The molecular weight excluding hydrogens is 501 g/mol. The molecule has 2 aromatic rings. The molecule has 0 atom stereocenters. The van der Waals surface area contributed by atoms with E-state index in [1.807, 2.05) is 0 Å².